The standard InChI is InChI=1S/C24H24N2O2S/c1-17(28-16-18-8-3-2-4-9-18)24(27)26-15-21(23-12-7-13-29-23)20-14-25-22-11-6-5-10-19(20)22/h2-14,17,21,25H,15-16H2,1H3,(H,26,27). The minimum atomic E-state index is -0.512. The molecule has 2 atom stereocenters. The van der Waals surface area contributed by atoms with Crippen LogP contribution in [-0.2, 0) is 16.1 Å². The summed E-state index contributed by atoms with van der Waals surface area (Å²) < 4.78 is 5.76. The number of hydrogen-bond acceptors (Lipinski definition) is 3. The van der Waals surface area contributed by atoms with E-state index < -0.39 is 6.10 Å². The number of rotatable bonds is 8. The van der Waals surface area contributed by atoms with Crippen LogP contribution in [0.2, 0.25) is 0 Å². The highest BCUT2D eigenvalue weighted by molar-refractivity contribution is 7.10. The van der Waals surface area contributed by atoms with E-state index in [2.05, 4.69) is 46.1 Å². The summed E-state index contributed by atoms with van der Waals surface area (Å²) in [5.74, 6) is -0.00116. The van der Waals surface area contributed by atoms with Gasteiger partial charge in [-0.2, -0.15) is 0 Å². The van der Waals surface area contributed by atoms with Gasteiger partial charge in [-0.3, -0.25) is 4.79 Å². The van der Waals surface area contributed by atoms with Crippen molar-refractivity contribution in [3.8, 4) is 0 Å². The van der Waals surface area contributed by atoms with Crippen molar-refractivity contribution in [2.75, 3.05) is 6.54 Å². The first-order valence-electron chi connectivity index (χ1n) is 9.75. The Kier molecular flexibility index (Phi) is 6.08. The van der Waals surface area contributed by atoms with E-state index in [1.807, 2.05) is 42.5 Å². The number of aromatic nitrogens is 1. The number of carbonyl (C=O) groups excluding carboxylic acids is 1. The van der Waals surface area contributed by atoms with Gasteiger partial charge in [0.25, 0.3) is 0 Å². The lowest BCUT2D eigenvalue weighted by Gasteiger charge is -2.19. The highest BCUT2D eigenvalue weighted by Crippen LogP contribution is 2.32. The topological polar surface area (TPSA) is 54.1 Å². The van der Waals surface area contributed by atoms with E-state index in [0.717, 1.165) is 11.1 Å². The minimum Gasteiger partial charge on any atom is -0.364 e. The Hall–Kier alpha value is -2.89. The molecular weight excluding hydrogens is 380 g/mol. The first-order valence-corrected chi connectivity index (χ1v) is 10.6. The number of fused-ring (bicyclic) bond motifs is 1. The van der Waals surface area contributed by atoms with Gasteiger partial charge in [-0.1, -0.05) is 54.6 Å². The number of nitrogens with one attached hydrogen (secondary N) is 2. The van der Waals surface area contributed by atoms with Crippen LogP contribution in [0.5, 0.6) is 0 Å². The van der Waals surface area contributed by atoms with E-state index >= 15 is 0 Å². The quantitative estimate of drug-likeness (QED) is 0.430. The van der Waals surface area contributed by atoms with Gasteiger partial charge < -0.3 is 15.0 Å². The summed E-state index contributed by atoms with van der Waals surface area (Å²) in [5.41, 5.74) is 3.36. The number of hydrogen-bond donors (Lipinski definition) is 2. The molecule has 0 saturated heterocycles. The predicted molar refractivity (Wildman–Crippen MR) is 118 cm³/mol. The fraction of sp³-hybridized carbons (Fsp3) is 0.208. The van der Waals surface area contributed by atoms with Crippen LogP contribution >= 0.6 is 11.3 Å². The average Bonchev–Trinajstić information content (AvgIpc) is 3.44. The maximum absolute atomic E-state index is 12.6. The molecule has 0 radical (unpaired) electrons. The third kappa shape index (κ3) is 4.58. The normalized spacial score (nSPS) is 13.3. The molecule has 2 N–H and O–H groups in total. The lowest BCUT2D eigenvalue weighted by Crippen LogP contribution is -2.37. The molecule has 4 nitrogen and oxygen atoms in total. The third-order valence-electron chi connectivity index (χ3n) is 5.08. The van der Waals surface area contributed by atoms with Gasteiger partial charge in [0, 0.05) is 34.4 Å². The van der Waals surface area contributed by atoms with E-state index in [1.54, 1.807) is 18.3 Å². The molecular formula is C24H24N2O2S. The number of thiophene rings is 1. The van der Waals surface area contributed by atoms with Crippen LogP contribution in [0.15, 0.2) is 78.3 Å². The molecule has 148 valence electrons. The molecule has 4 rings (SSSR count). The van der Waals surface area contributed by atoms with Crippen molar-refractivity contribution < 1.29 is 9.53 Å². The average molecular weight is 405 g/mol. The van der Waals surface area contributed by atoms with E-state index in [1.165, 1.54) is 15.8 Å². The Morgan fingerprint density at radius 1 is 1.07 bits per heavy atom. The van der Waals surface area contributed by atoms with Gasteiger partial charge in [0.2, 0.25) is 5.91 Å². The predicted octanol–water partition coefficient (Wildman–Crippen LogP) is 5.08. The first-order chi connectivity index (χ1) is 14.2. The van der Waals surface area contributed by atoms with Crippen molar-refractivity contribution in [3.05, 3.63) is 94.3 Å². The minimum absolute atomic E-state index is 0.0939. The molecule has 1 amide bonds. The molecule has 2 aromatic heterocycles. The van der Waals surface area contributed by atoms with Crippen molar-refractivity contribution in [3.63, 3.8) is 0 Å². The fourth-order valence-electron chi connectivity index (χ4n) is 3.45. The van der Waals surface area contributed by atoms with E-state index in [4.69, 9.17) is 4.74 Å². The second kappa shape index (κ2) is 9.07. The molecule has 0 bridgehead atoms. The molecule has 2 aromatic carbocycles. The van der Waals surface area contributed by atoms with E-state index in [0.29, 0.717) is 13.2 Å². The molecule has 2 heterocycles. The number of ether oxygens (including phenoxy) is 1. The molecule has 0 aliphatic heterocycles. The summed E-state index contributed by atoms with van der Waals surface area (Å²) in [6.07, 6.45) is 1.54. The monoisotopic (exact) mass is 404 g/mol. The van der Waals surface area contributed by atoms with E-state index in [-0.39, 0.29) is 11.8 Å². The number of aromatic amines is 1. The van der Waals surface area contributed by atoms with E-state index in [9.17, 15) is 4.79 Å². The Balaban J connectivity index is 1.44. The third-order valence-corrected chi connectivity index (χ3v) is 6.06. The highest BCUT2D eigenvalue weighted by Gasteiger charge is 2.21. The van der Waals surface area contributed by atoms with Gasteiger partial charge >= 0.3 is 0 Å². The summed E-state index contributed by atoms with van der Waals surface area (Å²) in [4.78, 5) is 17.2. The van der Waals surface area contributed by atoms with Crippen LogP contribution in [0, 0.1) is 0 Å². The fourth-order valence-corrected chi connectivity index (χ4v) is 4.30. The summed E-state index contributed by atoms with van der Waals surface area (Å²) in [7, 11) is 0. The largest absolute Gasteiger partial charge is 0.364 e. The van der Waals surface area contributed by atoms with Gasteiger partial charge in [0.1, 0.15) is 6.10 Å². The summed E-state index contributed by atoms with van der Waals surface area (Å²) >= 11 is 1.71. The molecule has 5 heteroatoms. The first kappa shape index (κ1) is 19.4. The van der Waals surface area contributed by atoms with Gasteiger partial charge in [-0.05, 0) is 35.6 Å². The Morgan fingerprint density at radius 2 is 1.86 bits per heavy atom. The number of H-pyrrole nitrogens is 1. The zero-order valence-corrected chi connectivity index (χ0v) is 17.1. The van der Waals surface area contributed by atoms with Crippen molar-refractivity contribution in [2.24, 2.45) is 0 Å². The zero-order valence-electron chi connectivity index (χ0n) is 16.3. The molecule has 0 saturated carbocycles. The Morgan fingerprint density at radius 3 is 2.66 bits per heavy atom. The molecule has 0 aliphatic rings. The van der Waals surface area contributed by atoms with Crippen molar-refractivity contribution in [1.29, 1.82) is 0 Å². The van der Waals surface area contributed by atoms with Crippen LogP contribution in [0.3, 0.4) is 0 Å². The molecule has 0 fully saturated rings. The van der Waals surface area contributed by atoms with Crippen molar-refractivity contribution in [2.45, 2.75) is 25.6 Å². The number of carbonyl (C=O) groups is 1. The van der Waals surface area contributed by atoms with Gasteiger partial charge in [0.05, 0.1) is 6.61 Å². The van der Waals surface area contributed by atoms with Crippen LogP contribution in [0.25, 0.3) is 10.9 Å². The zero-order chi connectivity index (χ0) is 20.1. The van der Waals surface area contributed by atoms with Crippen LogP contribution in [0.1, 0.15) is 28.8 Å². The van der Waals surface area contributed by atoms with Crippen LogP contribution < -0.4 is 5.32 Å². The molecule has 0 spiro atoms. The second-order valence-electron chi connectivity index (χ2n) is 7.04. The maximum Gasteiger partial charge on any atom is 0.248 e. The van der Waals surface area contributed by atoms with Gasteiger partial charge in [-0.15, -0.1) is 11.3 Å². The van der Waals surface area contributed by atoms with Crippen molar-refractivity contribution in [1.82, 2.24) is 10.3 Å². The van der Waals surface area contributed by atoms with Gasteiger partial charge in [-0.25, -0.2) is 0 Å². The van der Waals surface area contributed by atoms with Crippen LogP contribution in [-0.4, -0.2) is 23.5 Å². The molecule has 2 unspecified atom stereocenters. The number of benzene rings is 2. The summed E-state index contributed by atoms with van der Waals surface area (Å²) in [5, 5.41) is 6.35. The smallest absolute Gasteiger partial charge is 0.248 e. The van der Waals surface area contributed by atoms with Gasteiger partial charge in [0.15, 0.2) is 0 Å². The Labute approximate surface area is 174 Å². The second-order valence-corrected chi connectivity index (χ2v) is 8.02. The Bertz CT molecular complexity index is 1060. The SMILES string of the molecule is CC(OCc1ccccc1)C(=O)NCC(c1cccs1)c1c[nH]c2ccccc12. The molecule has 29 heavy (non-hydrogen) atoms. The number of amides is 1. The summed E-state index contributed by atoms with van der Waals surface area (Å²) in [6.45, 7) is 2.75. The molecule has 4 aromatic rings. The van der Waals surface area contributed by atoms with Crippen LogP contribution in [0.4, 0.5) is 0 Å². The highest BCUT2D eigenvalue weighted by atomic mass is 32.1. The lowest BCUT2D eigenvalue weighted by atomic mass is 9.96. The van der Waals surface area contributed by atoms with Crippen molar-refractivity contribution >= 4 is 28.1 Å². The summed E-state index contributed by atoms with van der Waals surface area (Å²) in [6, 6.07) is 22.3. The number of para-hydroxylation sites is 1. The molecule has 0 aliphatic carbocycles. The maximum atomic E-state index is 12.6. The lowest BCUT2D eigenvalue weighted by molar-refractivity contribution is -0.132.